The molecule has 1 aromatic rings. The minimum absolute atomic E-state index is 0.0206. The van der Waals surface area contributed by atoms with Crippen molar-refractivity contribution in [3.8, 4) is 0 Å². The molecule has 1 aromatic carbocycles. The normalized spacial score (nSPS) is 22.3. The number of rotatable bonds is 5. The Morgan fingerprint density at radius 1 is 1.33 bits per heavy atom. The van der Waals surface area contributed by atoms with Crippen molar-refractivity contribution in [2.75, 3.05) is 39.4 Å². The lowest BCUT2D eigenvalue weighted by Gasteiger charge is -2.42. The van der Waals surface area contributed by atoms with E-state index in [1.165, 1.54) is 12.1 Å². The van der Waals surface area contributed by atoms with Crippen molar-refractivity contribution < 1.29 is 18.7 Å². The molecule has 6 nitrogen and oxygen atoms in total. The fourth-order valence-electron chi connectivity index (χ4n) is 4.15. The van der Waals surface area contributed by atoms with Gasteiger partial charge in [0, 0.05) is 39.4 Å². The van der Waals surface area contributed by atoms with Gasteiger partial charge in [0.15, 0.2) is 0 Å². The van der Waals surface area contributed by atoms with Crippen LogP contribution in [0.2, 0.25) is 0 Å². The highest BCUT2D eigenvalue weighted by molar-refractivity contribution is 5.89. The van der Waals surface area contributed by atoms with Crippen LogP contribution in [0.15, 0.2) is 24.3 Å². The van der Waals surface area contributed by atoms with Crippen molar-refractivity contribution in [2.45, 2.75) is 31.1 Å². The number of carbonyl (C=O) groups is 2. The van der Waals surface area contributed by atoms with E-state index in [-0.39, 0.29) is 23.5 Å². The van der Waals surface area contributed by atoms with E-state index < -0.39 is 5.41 Å². The van der Waals surface area contributed by atoms with Crippen LogP contribution in [0.1, 0.15) is 31.2 Å². The molecular formula is C20H28FN3O3. The van der Waals surface area contributed by atoms with E-state index >= 15 is 0 Å². The standard InChI is InChI=1S/C20H28FN3O3/c21-17-5-1-4-16(13-17)20(6-11-27-12-7-20)19(26)24-10-2-3-15(14-24)18(25)23-9-8-22/h1,4-5,13,15H,2-3,6-12,14,22H2,(H,23,25). The van der Waals surface area contributed by atoms with E-state index in [0.29, 0.717) is 57.8 Å². The highest BCUT2D eigenvalue weighted by Gasteiger charge is 2.45. The molecule has 2 amide bonds. The number of nitrogens with zero attached hydrogens (tertiary/aromatic N) is 1. The molecule has 2 saturated heterocycles. The molecule has 2 aliphatic heterocycles. The fourth-order valence-corrected chi connectivity index (χ4v) is 4.15. The molecule has 3 rings (SSSR count). The third-order valence-electron chi connectivity index (χ3n) is 5.66. The Labute approximate surface area is 159 Å². The molecule has 0 bridgehead atoms. The van der Waals surface area contributed by atoms with Crippen molar-refractivity contribution >= 4 is 11.8 Å². The molecule has 3 N–H and O–H groups in total. The van der Waals surface area contributed by atoms with Crippen LogP contribution in [0.5, 0.6) is 0 Å². The second-order valence-corrected chi connectivity index (χ2v) is 7.37. The van der Waals surface area contributed by atoms with Crippen LogP contribution in [0.3, 0.4) is 0 Å². The number of hydrogen-bond acceptors (Lipinski definition) is 4. The lowest BCUT2D eigenvalue weighted by atomic mass is 9.72. The van der Waals surface area contributed by atoms with Crippen molar-refractivity contribution in [1.82, 2.24) is 10.2 Å². The number of hydrogen-bond donors (Lipinski definition) is 2. The number of carbonyl (C=O) groups excluding carboxylic acids is 2. The minimum atomic E-state index is -0.782. The van der Waals surface area contributed by atoms with E-state index in [9.17, 15) is 14.0 Å². The van der Waals surface area contributed by atoms with Crippen molar-refractivity contribution in [1.29, 1.82) is 0 Å². The largest absolute Gasteiger partial charge is 0.381 e. The van der Waals surface area contributed by atoms with Gasteiger partial charge in [-0.15, -0.1) is 0 Å². The molecule has 0 aromatic heterocycles. The highest BCUT2D eigenvalue weighted by atomic mass is 19.1. The first kappa shape index (κ1) is 19.8. The number of benzene rings is 1. The van der Waals surface area contributed by atoms with Crippen LogP contribution in [0.25, 0.3) is 0 Å². The summed E-state index contributed by atoms with van der Waals surface area (Å²) in [6.07, 6.45) is 2.59. The topological polar surface area (TPSA) is 84.7 Å². The second-order valence-electron chi connectivity index (χ2n) is 7.37. The zero-order chi connectivity index (χ0) is 19.3. The zero-order valence-electron chi connectivity index (χ0n) is 15.6. The molecular weight excluding hydrogens is 349 g/mol. The Hall–Kier alpha value is -1.99. The van der Waals surface area contributed by atoms with Gasteiger partial charge >= 0.3 is 0 Å². The monoisotopic (exact) mass is 377 g/mol. The number of likely N-dealkylation sites (tertiary alicyclic amines) is 1. The Balaban J connectivity index is 1.81. The van der Waals surface area contributed by atoms with Gasteiger partial charge in [0.25, 0.3) is 0 Å². The molecule has 1 atom stereocenters. The van der Waals surface area contributed by atoms with Crippen LogP contribution >= 0.6 is 0 Å². The van der Waals surface area contributed by atoms with Crippen LogP contribution in [-0.4, -0.2) is 56.1 Å². The summed E-state index contributed by atoms with van der Waals surface area (Å²) in [5, 5.41) is 2.82. The summed E-state index contributed by atoms with van der Waals surface area (Å²) < 4.78 is 19.3. The molecule has 27 heavy (non-hydrogen) atoms. The first-order valence-corrected chi connectivity index (χ1v) is 9.68. The number of halogens is 1. The van der Waals surface area contributed by atoms with E-state index in [0.717, 1.165) is 12.8 Å². The van der Waals surface area contributed by atoms with Crippen LogP contribution in [-0.2, 0) is 19.7 Å². The van der Waals surface area contributed by atoms with Gasteiger partial charge in [-0.25, -0.2) is 4.39 Å². The highest BCUT2D eigenvalue weighted by Crippen LogP contribution is 2.38. The second kappa shape index (κ2) is 8.80. The fraction of sp³-hybridized carbons (Fsp3) is 0.600. The van der Waals surface area contributed by atoms with E-state index in [1.807, 2.05) is 6.07 Å². The van der Waals surface area contributed by atoms with Crippen molar-refractivity contribution in [3.05, 3.63) is 35.6 Å². The Bertz CT molecular complexity index is 676. The van der Waals surface area contributed by atoms with Crippen molar-refractivity contribution in [3.63, 3.8) is 0 Å². The number of amides is 2. The summed E-state index contributed by atoms with van der Waals surface area (Å²) in [4.78, 5) is 27.7. The number of nitrogens with one attached hydrogen (secondary N) is 1. The summed E-state index contributed by atoms with van der Waals surface area (Å²) in [5.41, 5.74) is 5.37. The summed E-state index contributed by atoms with van der Waals surface area (Å²) in [6, 6.07) is 6.31. The summed E-state index contributed by atoms with van der Waals surface area (Å²) >= 11 is 0. The summed E-state index contributed by atoms with van der Waals surface area (Å²) in [6.45, 7) is 2.79. The SMILES string of the molecule is NCCNC(=O)C1CCCN(C(=O)C2(c3cccc(F)c3)CCOCC2)C1. The minimum Gasteiger partial charge on any atom is -0.381 e. The first-order chi connectivity index (χ1) is 13.1. The summed E-state index contributed by atoms with van der Waals surface area (Å²) in [5.74, 6) is -0.639. The molecule has 148 valence electrons. The van der Waals surface area contributed by atoms with E-state index in [1.54, 1.807) is 11.0 Å². The molecule has 2 heterocycles. The molecule has 0 spiro atoms. The van der Waals surface area contributed by atoms with Crippen LogP contribution in [0.4, 0.5) is 4.39 Å². The van der Waals surface area contributed by atoms with Gasteiger partial charge in [0.05, 0.1) is 11.3 Å². The van der Waals surface area contributed by atoms with Gasteiger partial charge < -0.3 is 20.7 Å². The zero-order valence-corrected chi connectivity index (χ0v) is 15.6. The summed E-state index contributed by atoms with van der Waals surface area (Å²) in [7, 11) is 0. The molecule has 2 aliphatic rings. The predicted octanol–water partition coefficient (Wildman–Crippen LogP) is 1.19. The lowest BCUT2D eigenvalue weighted by molar-refractivity contribution is -0.144. The molecule has 0 aliphatic carbocycles. The third kappa shape index (κ3) is 4.30. The molecule has 2 fully saturated rings. The van der Waals surface area contributed by atoms with Gasteiger partial charge in [-0.2, -0.15) is 0 Å². The number of piperidine rings is 1. The third-order valence-corrected chi connectivity index (χ3v) is 5.66. The van der Waals surface area contributed by atoms with Gasteiger partial charge in [-0.3, -0.25) is 9.59 Å². The van der Waals surface area contributed by atoms with Gasteiger partial charge in [0.1, 0.15) is 5.82 Å². The molecule has 1 unspecified atom stereocenters. The maximum atomic E-state index is 13.9. The molecule has 7 heteroatoms. The maximum Gasteiger partial charge on any atom is 0.233 e. The Kier molecular flexibility index (Phi) is 6.44. The van der Waals surface area contributed by atoms with Gasteiger partial charge in [-0.05, 0) is 43.4 Å². The smallest absolute Gasteiger partial charge is 0.233 e. The van der Waals surface area contributed by atoms with Crippen molar-refractivity contribution in [2.24, 2.45) is 11.7 Å². The maximum absolute atomic E-state index is 13.9. The number of ether oxygens (including phenoxy) is 1. The van der Waals surface area contributed by atoms with Gasteiger partial charge in [0.2, 0.25) is 11.8 Å². The van der Waals surface area contributed by atoms with Crippen LogP contribution < -0.4 is 11.1 Å². The molecule has 0 saturated carbocycles. The number of nitrogens with two attached hydrogens (primary N) is 1. The van der Waals surface area contributed by atoms with E-state index in [4.69, 9.17) is 10.5 Å². The Morgan fingerprint density at radius 2 is 2.11 bits per heavy atom. The first-order valence-electron chi connectivity index (χ1n) is 9.68. The average Bonchev–Trinajstić information content (AvgIpc) is 2.72. The van der Waals surface area contributed by atoms with E-state index in [2.05, 4.69) is 5.32 Å². The van der Waals surface area contributed by atoms with Crippen LogP contribution in [0, 0.1) is 11.7 Å². The predicted molar refractivity (Wildman–Crippen MR) is 99.5 cm³/mol. The average molecular weight is 377 g/mol. The quantitative estimate of drug-likeness (QED) is 0.807. The Morgan fingerprint density at radius 3 is 2.81 bits per heavy atom. The molecule has 0 radical (unpaired) electrons. The van der Waals surface area contributed by atoms with Gasteiger partial charge in [-0.1, -0.05) is 12.1 Å². The lowest BCUT2D eigenvalue weighted by Crippen LogP contribution is -2.54.